The van der Waals surface area contributed by atoms with E-state index >= 15 is 0 Å². The third-order valence-electron chi connectivity index (χ3n) is 3.93. The normalized spacial score (nSPS) is 10.5. The van der Waals surface area contributed by atoms with Gasteiger partial charge in [-0.3, -0.25) is 14.4 Å². The van der Waals surface area contributed by atoms with Crippen molar-refractivity contribution in [1.82, 2.24) is 9.80 Å². The van der Waals surface area contributed by atoms with Crippen molar-refractivity contribution in [3.8, 4) is 0 Å². The minimum absolute atomic E-state index is 0.0198. The number of carbonyl (C=O) groups excluding carboxylic acids is 3. The monoisotopic (exact) mass is 377 g/mol. The van der Waals surface area contributed by atoms with Gasteiger partial charge in [0.1, 0.15) is 0 Å². The fraction of sp³-hybridized carbons (Fsp3) is 0.389. The molecule has 1 N–H and O–H groups in total. The second kappa shape index (κ2) is 8.66. The fourth-order valence-electron chi connectivity index (χ4n) is 2.46. The quantitative estimate of drug-likeness (QED) is 0.804. The molecule has 0 aliphatic rings. The molecule has 2 aromatic heterocycles. The third-order valence-corrected chi connectivity index (χ3v) is 5.07. The summed E-state index contributed by atoms with van der Waals surface area (Å²) in [5.41, 5.74) is 0.747. The predicted octanol–water partition coefficient (Wildman–Crippen LogP) is 2.84. The van der Waals surface area contributed by atoms with Gasteiger partial charge in [-0.25, -0.2) is 0 Å². The van der Waals surface area contributed by atoms with Crippen molar-refractivity contribution < 1.29 is 18.8 Å². The number of carbonyl (C=O) groups is 3. The van der Waals surface area contributed by atoms with Crippen LogP contribution in [-0.2, 0) is 4.79 Å². The van der Waals surface area contributed by atoms with Crippen LogP contribution in [0.4, 0.5) is 5.00 Å². The van der Waals surface area contributed by atoms with Crippen LogP contribution in [0.1, 0.15) is 39.6 Å². The number of likely N-dealkylation sites (N-methyl/N-ethyl adjacent to an activating group) is 2. The Bertz CT molecular complexity index is 778. The third kappa shape index (κ3) is 4.51. The topological polar surface area (TPSA) is 82.9 Å². The minimum atomic E-state index is -0.375. The maximum absolute atomic E-state index is 12.7. The number of nitrogens with one attached hydrogen (secondary N) is 1. The second-order valence-electron chi connectivity index (χ2n) is 5.78. The minimum Gasteiger partial charge on any atom is -0.459 e. The predicted molar refractivity (Wildman–Crippen MR) is 101 cm³/mol. The number of furan rings is 1. The molecule has 2 heterocycles. The van der Waals surface area contributed by atoms with Gasteiger partial charge in [0, 0.05) is 20.1 Å². The van der Waals surface area contributed by atoms with Crippen LogP contribution in [-0.4, -0.2) is 54.2 Å². The smallest absolute Gasteiger partial charge is 0.291 e. The average Bonchev–Trinajstić information content (AvgIpc) is 3.25. The standard InChI is InChI=1S/C18H23N3O4S/c1-5-21(6-2)15(22)11-20(4)18(24)16-12(3)10-14(26-16)19-17(23)13-8-7-9-25-13/h7-10H,5-6,11H2,1-4H3,(H,19,23). The summed E-state index contributed by atoms with van der Waals surface area (Å²) in [5.74, 6) is -0.510. The zero-order valence-electron chi connectivity index (χ0n) is 15.4. The first-order valence-electron chi connectivity index (χ1n) is 8.35. The first-order valence-corrected chi connectivity index (χ1v) is 9.17. The van der Waals surface area contributed by atoms with E-state index in [1.54, 1.807) is 37.1 Å². The lowest BCUT2D eigenvalue weighted by Crippen LogP contribution is -2.40. The number of nitrogens with zero attached hydrogens (tertiary/aromatic N) is 2. The maximum atomic E-state index is 12.7. The van der Waals surface area contributed by atoms with Gasteiger partial charge >= 0.3 is 0 Å². The molecule has 0 saturated heterocycles. The Labute approximate surface area is 156 Å². The Morgan fingerprint density at radius 1 is 1.23 bits per heavy atom. The van der Waals surface area contributed by atoms with E-state index in [4.69, 9.17) is 4.42 Å². The van der Waals surface area contributed by atoms with Crippen LogP contribution in [0.25, 0.3) is 0 Å². The molecule has 0 saturated carbocycles. The SMILES string of the molecule is CCN(CC)C(=O)CN(C)C(=O)c1sc(NC(=O)c2ccco2)cc1C. The van der Waals surface area contributed by atoms with Crippen molar-refractivity contribution >= 4 is 34.1 Å². The number of hydrogen-bond acceptors (Lipinski definition) is 5. The summed E-state index contributed by atoms with van der Waals surface area (Å²) in [6, 6.07) is 4.93. The molecule has 8 heteroatoms. The molecule has 3 amide bonds. The number of amides is 3. The number of hydrogen-bond donors (Lipinski definition) is 1. The summed E-state index contributed by atoms with van der Waals surface area (Å²) in [6.45, 7) is 6.84. The van der Waals surface area contributed by atoms with Gasteiger partial charge in [0.2, 0.25) is 5.91 Å². The molecule has 0 aliphatic heterocycles. The van der Waals surface area contributed by atoms with Crippen molar-refractivity contribution in [2.75, 3.05) is 32.0 Å². The highest BCUT2D eigenvalue weighted by Gasteiger charge is 2.22. The molecule has 7 nitrogen and oxygen atoms in total. The number of aryl methyl sites for hydroxylation is 1. The summed E-state index contributed by atoms with van der Waals surface area (Å²) in [5, 5.41) is 3.27. The number of thiophene rings is 1. The highest BCUT2D eigenvalue weighted by Crippen LogP contribution is 2.28. The van der Waals surface area contributed by atoms with E-state index in [-0.39, 0.29) is 30.0 Å². The summed E-state index contributed by atoms with van der Waals surface area (Å²) in [6.07, 6.45) is 1.42. The van der Waals surface area contributed by atoms with Gasteiger partial charge in [-0.2, -0.15) is 0 Å². The number of rotatable bonds is 7. The maximum Gasteiger partial charge on any atom is 0.291 e. The average molecular weight is 377 g/mol. The molecule has 0 aliphatic carbocycles. The van der Waals surface area contributed by atoms with Crippen molar-refractivity contribution in [3.05, 3.63) is 40.7 Å². The highest BCUT2D eigenvalue weighted by molar-refractivity contribution is 7.18. The fourth-order valence-corrected chi connectivity index (χ4v) is 3.52. The molecule has 0 radical (unpaired) electrons. The van der Waals surface area contributed by atoms with Gasteiger partial charge in [0.05, 0.1) is 22.7 Å². The summed E-state index contributed by atoms with van der Waals surface area (Å²) >= 11 is 1.18. The summed E-state index contributed by atoms with van der Waals surface area (Å²) in [4.78, 5) is 40.5. The second-order valence-corrected chi connectivity index (χ2v) is 6.83. The molecular formula is C18H23N3O4S. The van der Waals surface area contributed by atoms with Crippen LogP contribution < -0.4 is 5.32 Å². The van der Waals surface area contributed by atoms with E-state index < -0.39 is 0 Å². The molecule has 2 aromatic rings. The summed E-state index contributed by atoms with van der Waals surface area (Å²) in [7, 11) is 1.60. The van der Waals surface area contributed by atoms with E-state index in [9.17, 15) is 14.4 Å². The van der Waals surface area contributed by atoms with E-state index in [0.29, 0.717) is 23.0 Å². The van der Waals surface area contributed by atoms with E-state index in [1.165, 1.54) is 22.5 Å². The Balaban J connectivity index is 2.06. The molecule has 0 aromatic carbocycles. The van der Waals surface area contributed by atoms with Crippen LogP contribution in [0.5, 0.6) is 0 Å². The first kappa shape index (κ1) is 19.7. The lowest BCUT2D eigenvalue weighted by atomic mass is 10.2. The molecule has 0 unspecified atom stereocenters. The van der Waals surface area contributed by atoms with Gasteiger partial charge in [0.25, 0.3) is 11.8 Å². The van der Waals surface area contributed by atoms with Crippen LogP contribution in [0.2, 0.25) is 0 Å². The molecular weight excluding hydrogens is 354 g/mol. The molecule has 0 bridgehead atoms. The lowest BCUT2D eigenvalue weighted by Gasteiger charge is -2.23. The van der Waals surface area contributed by atoms with Crippen LogP contribution >= 0.6 is 11.3 Å². The van der Waals surface area contributed by atoms with Crippen molar-refractivity contribution in [1.29, 1.82) is 0 Å². The van der Waals surface area contributed by atoms with Gasteiger partial charge in [-0.05, 0) is 44.5 Å². The Morgan fingerprint density at radius 3 is 2.50 bits per heavy atom. The van der Waals surface area contributed by atoms with E-state index in [2.05, 4.69) is 5.32 Å². The van der Waals surface area contributed by atoms with Crippen LogP contribution in [0, 0.1) is 6.92 Å². The number of anilines is 1. The van der Waals surface area contributed by atoms with Gasteiger partial charge in [-0.1, -0.05) is 0 Å². The highest BCUT2D eigenvalue weighted by atomic mass is 32.1. The molecule has 0 atom stereocenters. The zero-order chi connectivity index (χ0) is 19.3. The first-order chi connectivity index (χ1) is 12.4. The van der Waals surface area contributed by atoms with E-state index in [0.717, 1.165) is 5.56 Å². The molecule has 2 rings (SSSR count). The van der Waals surface area contributed by atoms with E-state index in [1.807, 2.05) is 13.8 Å². The van der Waals surface area contributed by atoms with Crippen molar-refractivity contribution in [3.63, 3.8) is 0 Å². The Morgan fingerprint density at radius 2 is 1.92 bits per heavy atom. The van der Waals surface area contributed by atoms with Gasteiger partial charge < -0.3 is 19.5 Å². The van der Waals surface area contributed by atoms with Crippen molar-refractivity contribution in [2.45, 2.75) is 20.8 Å². The van der Waals surface area contributed by atoms with Crippen LogP contribution in [0.3, 0.4) is 0 Å². The molecule has 26 heavy (non-hydrogen) atoms. The molecule has 140 valence electrons. The molecule has 0 fully saturated rings. The lowest BCUT2D eigenvalue weighted by molar-refractivity contribution is -0.131. The Hall–Kier alpha value is -2.61. The van der Waals surface area contributed by atoms with Gasteiger partial charge in [-0.15, -0.1) is 11.3 Å². The largest absolute Gasteiger partial charge is 0.459 e. The molecule has 0 spiro atoms. The summed E-state index contributed by atoms with van der Waals surface area (Å²) < 4.78 is 5.05. The Kier molecular flexibility index (Phi) is 6.57. The van der Waals surface area contributed by atoms with Crippen molar-refractivity contribution in [2.24, 2.45) is 0 Å². The zero-order valence-corrected chi connectivity index (χ0v) is 16.2. The van der Waals surface area contributed by atoms with Crippen LogP contribution in [0.15, 0.2) is 28.9 Å². The van der Waals surface area contributed by atoms with Gasteiger partial charge in [0.15, 0.2) is 5.76 Å².